The van der Waals surface area contributed by atoms with Gasteiger partial charge in [0.05, 0.1) is 30.9 Å². The van der Waals surface area contributed by atoms with Crippen molar-refractivity contribution >= 4 is 33.4 Å². The number of hydrogen-bond acceptors (Lipinski definition) is 10. The van der Waals surface area contributed by atoms with E-state index in [1.54, 1.807) is 17.0 Å². The summed E-state index contributed by atoms with van der Waals surface area (Å²) in [5.74, 6) is 0.763. The van der Waals surface area contributed by atoms with Crippen molar-refractivity contribution in [3.05, 3.63) is 39.0 Å². The van der Waals surface area contributed by atoms with Crippen LogP contribution in [-0.2, 0) is 4.74 Å². The van der Waals surface area contributed by atoms with Gasteiger partial charge in [-0.05, 0) is 61.7 Å². The first-order valence-electron chi connectivity index (χ1n) is 10.7. The van der Waals surface area contributed by atoms with E-state index in [0.717, 1.165) is 12.8 Å². The Balaban J connectivity index is 0.000000303. The summed E-state index contributed by atoms with van der Waals surface area (Å²) in [6, 6.07) is 6.16. The van der Waals surface area contributed by atoms with Crippen LogP contribution in [0.1, 0.15) is 33.6 Å². The van der Waals surface area contributed by atoms with Crippen molar-refractivity contribution in [2.75, 3.05) is 33.1 Å². The number of carbonyl (C=O) groups excluding carboxylic acids is 1. The number of likely N-dealkylation sites (tertiary alicyclic amines) is 1. The molecular formula is C22H30BrN5O7. The lowest BCUT2D eigenvalue weighted by molar-refractivity contribution is -0.386. The maximum atomic E-state index is 12.2. The molecule has 3 heterocycles. The molecule has 1 amide bonds. The summed E-state index contributed by atoms with van der Waals surface area (Å²) in [4.78, 5) is 31.7. The van der Waals surface area contributed by atoms with Crippen LogP contribution in [0.25, 0.3) is 0 Å². The first-order chi connectivity index (χ1) is 16.4. The number of carbonyl (C=O) groups is 1. The summed E-state index contributed by atoms with van der Waals surface area (Å²) < 4.78 is 21.4. The second kappa shape index (κ2) is 12.4. The zero-order valence-corrected chi connectivity index (χ0v) is 21.9. The summed E-state index contributed by atoms with van der Waals surface area (Å²) in [7, 11) is 2.84. The number of ether oxygens (including phenoxy) is 4. The molecule has 12 nitrogen and oxygen atoms in total. The van der Waals surface area contributed by atoms with E-state index in [4.69, 9.17) is 24.7 Å². The second-order valence-corrected chi connectivity index (χ2v) is 9.26. The van der Waals surface area contributed by atoms with Gasteiger partial charge in [-0.3, -0.25) is 10.1 Å². The molecule has 0 bridgehead atoms. The quantitative estimate of drug-likeness (QED) is 0.311. The Hall–Kier alpha value is -3.35. The van der Waals surface area contributed by atoms with Gasteiger partial charge in [0, 0.05) is 18.7 Å². The third-order valence-corrected chi connectivity index (χ3v) is 5.12. The molecule has 0 radical (unpaired) electrons. The summed E-state index contributed by atoms with van der Waals surface area (Å²) >= 11 is 3.07. The highest BCUT2D eigenvalue weighted by Crippen LogP contribution is 2.26. The van der Waals surface area contributed by atoms with Crippen LogP contribution in [-0.4, -0.2) is 64.9 Å². The van der Waals surface area contributed by atoms with Crippen LogP contribution in [0.3, 0.4) is 0 Å². The van der Waals surface area contributed by atoms with Gasteiger partial charge in [-0.2, -0.15) is 4.98 Å². The van der Waals surface area contributed by atoms with Crippen molar-refractivity contribution in [3.63, 3.8) is 0 Å². The minimum atomic E-state index is -0.543. The Bertz CT molecular complexity index is 1030. The van der Waals surface area contributed by atoms with Crippen LogP contribution in [0, 0.1) is 10.1 Å². The number of aromatic nitrogens is 2. The monoisotopic (exact) mass is 555 g/mol. The number of pyridine rings is 2. The zero-order valence-electron chi connectivity index (χ0n) is 20.3. The minimum absolute atomic E-state index is 0.00868. The molecule has 2 N–H and O–H groups in total. The summed E-state index contributed by atoms with van der Waals surface area (Å²) in [5.41, 5.74) is 5.54. The van der Waals surface area contributed by atoms with Gasteiger partial charge in [-0.1, -0.05) is 0 Å². The predicted octanol–water partition coefficient (Wildman–Crippen LogP) is 4.21. The maximum Gasteiger partial charge on any atom is 0.410 e. The second-order valence-electron chi connectivity index (χ2n) is 8.45. The van der Waals surface area contributed by atoms with Crippen molar-refractivity contribution in [2.24, 2.45) is 0 Å². The molecule has 0 unspecified atom stereocenters. The van der Waals surface area contributed by atoms with E-state index < -0.39 is 10.5 Å². The number of nitrogens with zero attached hydrogens (tertiary/aromatic N) is 4. The first kappa shape index (κ1) is 27.9. The van der Waals surface area contributed by atoms with E-state index in [1.165, 1.54) is 26.4 Å². The smallest absolute Gasteiger partial charge is 0.410 e. The lowest BCUT2D eigenvalue weighted by Crippen LogP contribution is -2.42. The SMILES string of the molecule is COc1nc(Br)ccc1[N+](=O)[O-].COc1nc(OC[C@H]2CCCN2C(=O)OC(C)(C)C)ccc1N. The topological polar surface area (TPSA) is 152 Å². The van der Waals surface area contributed by atoms with Crippen molar-refractivity contribution in [1.82, 2.24) is 14.9 Å². The number of methoxy groups -OCH3 is 2. The number of halogens is 1. The highest BCUT2D eigenvalue weighted by atomic mass is 79.9. The van der Waals surface area contributed by atoms with E-state index in [-0.39, 0.29) is 23.7 Å². The molecule has 192 valence electrons. The number of rotatable bonds is 6. The molecule has 2 aromatic rings. The maximum absolute atomic E-state index is 12.2. The Morgan fingerprint density at radius 2 is 1.89 bits per heavy atom. The van der Waals surface area contributed by atoms with E-state index >= 15 is 0 Å². The van der Waals surface area contributed by atoms with Crippen molar-refractivity contribution in [1.29, 1.82) is 0 Å². The molecule has 3 rings (SSSR count). The van der Waals surface area contributed by atoms with Crippen LogP contribution in [0.15, 0.2) is 28.9 Å². The molecule has 1 atom stereocenters. The summed E-state index contributed by atoms with van der Waals surface area (Å²) in [6.45, 7) is 6.62. The minimum Gasteiger partial charge on any atom is -0.479 e. The lowest BCUT2D eigenvalue weighted by Gasteiger charge is -2.28. The fourth-order valence-electron chi connectivity index (χ4n) is 3.13. The van der Waals surface area contributed by atoms with Gasteiger partial charge in [0.1, 0.15) is 16.8 Å². The number of nitrogens with two attached hydrogens (primary N) is 1. The lowest BCUT2D eigenvalue weighted by atomic mass is 10.2. The fraction of sp³-hybridized carbons (Fsp3) is 0.500. The molecule has 0 aromatic carbocycles. The van der Waals surface area contributed by atoms with Gasteiger partial charge in [0.2, 0.25) is 11.8 Å². The molecule has 1 aliphatic rings. The van der Waals surface area contributed by atoms with Crippen molar-refractivity contribution in [3.8, 4) is 17.6 Å². The Morgan fingerprint density at radius 3 is 2.49 bits per heavy atom. The Morgan fingerprint density at radius 1 is 1.20 bits per heavy atom. The largest absolute Gasteiger partial charge is 0.479 e. The standard InChI is InChI=1S/C16H25N3O4.C6H5BrN2O3/c1-16(2,3)23-15(20)19-9-5-6-11(19)10-22-13-8-7-12(17)14(18-13)21-4;1-12-6-4(9(10)11)2-3-5(7)8-6/h7-8,11H,5-6,9-10,17H2,1-4H3;2-3H,1H3/t11-;/m1./s1. The first-order valence-corrected chi connectivity index (χ1v) is 11.5. The molecule has 0 aliphatic carbocycles. The molecule has 13 heteroatoms. The van der Waals surface area contributed by atoms with E-state index in [9.17, 15) is 14.9 Å². The molecule has 1 fully saturated rings. The molecule has 2 aromatic heterocycles. The average Bonchev–Trinajstić information content (AvgIpc) is 3.26. The molecule has 1 aliphatic heterocycles. The summed E-state index contributed by atoms with van der Waals surface area (Å²) in [6.07, 6.45) is 1.52. The zero-order chi connectivity index (χ0) is 26.2. The van der Waals surface area contributed by atoms with E-state index in [2.05, 4.69) is 25.9 Å². The van der Waals surface area contributed by atoms with E-state index in [1.807, 2.05) is 20.8 Å². The van der Waals surface area contributed by atoms with Crippen molar-refractivity contribution in [2.45, 2.75) is 45.3 Å². The molecule has 35 heavy (non-hydrogen) atoms. The Kier molecular flexibility index (Phi) is 9.87. The van der Waals surface area contributed by atoms with Crippen LogP contribution < -0.4 is 19.9 Å². The number of nitrogen functional groups attached to an aromatic ring is 1. The fourth-order valence-corrected chi connectivity index (χ4v) is 3.42. The molecule has 0 spiro atoms. The van der Waals surface area contributed by atoms with Crippen LogP contribution >= 0.6 is 15.9 Å². The Labute approximate surface area is 212 Å². The van der Waals surface area contributed by atoms with Gasteiger partial charge in [-0.15, -0.1) is 0 Å². The third-order valence-electron chi connectivity index (χ3n) is 4.68. The highest BCUT2D eigenvalue weighted by molar-refractivity contribution is 9.10. The normalized spacial score (nSPS) is 15.0. The van der Waals surface area contributed by atoms with Crippen LogP contribution in [0.5, 0.6) is 17.6 Å². The number of hydrogen-bond donors (Lipinski definition) is 1. The highest BCUT2D eigenvalue weighted by Gasteiger charge is 2.32. The molecular weight excluding hydrogens is 526 g/mol. The van der Waals surface area contributed by atoms with Gasteiger partial charge < -0.3 is 29.6 Å². The average molecular weight is 556 g/mol. The predicted molar refractivity (Wildman–Crippen MR) is 132 cm³/mol. The van der Waals surface area contributed by atoms with Gasteiger partial charge in [-0.25, -0.2) is 9.78 Å². The van der Waals surface area contributed by atoms with Gasteiger partial charge in [0.15, 0.2) is 0 Å². The van der Waals surface area contributed by atoms with E-state index in [0.29, 0.717) is 35.2 Å². The molecule has 1 saturated heterocycles. The number of amides is 1. The number of nitro groups is 1. The van der Waals surface area contributed by atoms with Gasteiger partial charge in [0.25, 0.3) is 5.88 Å². The van der Waals surface area contributed by atoms with Crippen LogP contribution in [0.4, 0.5) is 16.2 Å². The molecule has 0 saturated carbocycles. The van der Waals surface area contributed by atoms with Crippen LogP contribution in [0.2, 0.25) is 0 Å². The number of anilines is 1. The third kappa shape index (κ3) is 8.42. The van der Waals surface area contributed by atoms with Gasteiger partial charge >= 0.3 is 11.8 Å². The van der Waals surface area contributed by atoms with Crippen molar-refractivity contribution < 1.29 is 28.7 Å². The summed E-state index contributed by atoms with van der Waals surface area (Å²) in [5, 5.41) is 10.4.